The summed E-state index contributed by atoms with van der Waals surface area (Å²) < 4.78 is 0. The predicted octanol–water partition coefficient (Wildman–Crippen LogP) is 0.159. The highest BCUT2D eigenvalue weighted by atomic mass is 16.6. The van der Waals surface area contributed by atoms with Gasteiger partial charge in [0.2, 0.25) is 0 Å². The second kappa shape index (κ2) is 2.41. The van der Waals surface area contributed by atoms with E-state index in [1.807, 2.05) is 0 Å². The van der Waals surface area contributed by atoms with Gasteiger partial charge in [0.25, 0.3) is 5.69 Å². The molecule has 0 radical (unpaired) electrons. The van der Waals surface area contributed by atoms with Crippen molar-refractivity contribution in [2.45, 2.75) is 0 Å². The zero-order valence-electron chi connectivity index (χ0n) is 6.27. The molecule has 2 aromatic heterocycles. The molecule has 0 saturated heterocycles. The monoisotopic (exact) mass is 180 g/mol. The summed E-state index contributed by atoms with van der Waals surface area (Å²) in [4.78, 5) is 28.9. The molecule has 2 N–H and O–H groups in total. The lowest BCUT2D eigenvalue weighted by Gasteiger charge is -1.86. The van der Waals surface area contributed by atoms with E-state index < -0.39 is 10.6 Å². The number of nitrogens with one attached hydrogen (secondary N) is 2. The molecule has 66 valence electrons. The fourth-order valence-electron chi connectivity index (χ4n) is 1.07. The zero-order valence-corrected chi connectivity index (χ0v) is 6.27. The van der Waals surface area contributed by atoms with Gasteiger partial charge in [-0.3, -0.25) is 15.1 Å². The van der Waals surface area contributed by atoms with Gasteiger partial charge in [0.15, 0.2) is 0 Å². The van der Waals surface area contributed by atoms with Gasteiger partial charge in [0.05, 0.1) is 17.3 Å². The average Bonchev–Trinajstić information content (AvgIpc) is 2.46. The van der Waals surface area contributed by atoms with Crippen LogP contribution in [0.25, 0.3) is 11.0 Å². The molecule has 0 saturated carbocycles. The molecule has 2 rings (SSSR count). The molecule has 2 aromatic rings. The number of rotatable bonds is 1. The van der Waals surface area contributed by atoms with Crippen molar-refractivity contribution in [3.63, 3.8) is 0 Å². The van der Waals surface area contributed by atoms with Gasteiger partial charge in [-0.15, -0.1) is 0 Å². The lowest BCUT2D eigenvalue weighted by molar-refractivity contribution is -0.383. The van der Waals surface area contributed by atoms with Crippen molar-refractivity contribution >= 4 is 16.7 Å². The van der Waals surface area contributed by atoms with Gasteiger partial charge in [-0.05, 0) is 0 Å². The van der Waals surface area contributed by atoms with Crippen LogP contribution in [0.15, 0.2) is 17.2 Å². The van der Waals surface area contributed by atoms with E-state index in [1.54, 1.807) is 0 Å². The van der Waals surface area contributed by atoms with Crippen molar-refractivity contribution < 1.29 is 4.92 Å². The first-order chi connectivity index (χ1) is 6.18. The minimum atomic E-state index is -0.543. The number of hydrogen-bond donors (Lipinski definition) is 2. The molecule has 0 aliphatic rings. The highest BCUT2D eigenvalue weighted by Gasteiger charge is 2.13. The number of aromatic nitrogens is 3. The van der Waals surface area contributed by atoms with Crippen LogP contribution < -0.4 is 5.69 Å². The molecular formula is C6H4N4O3. The van der Waals surface area contributed by atoms with Crippen molar-refractivity contribution in [3.05, 3.63) is 33.0 Å². The Morgan fingerprint density at radius 3 is 3.00 bits per heavy atom. The molecule has 0 unspecified atom stereocenters. The van der Waals surface area contributed by atoms with Crippen LogP contribution >= 0.6 is 0 Å². The number of aromatic amines is 2. The van der Waals surface area contributed by atoms with Crippen LogP contribution in [0.2, 0.25) is 0 Å². The Morgan fingerprint density at radius 1 is 1.54 bits per heavy atom. The van der Waals surface area contributed by atoms with Crippen LogP contribution in [0.4, 0.5) is 5.69 Å². The smallest absolute Gasteiger partial charge is 0.341 e. The van der Waals surface area contributed by atoms with Crippen LogP contribution in [0.1, 0.15) is 0 Å². The van der Waals surface area contributed by atoms with Gasteiger partial charge in [-0.2, -0.15) is 0 Å². The fraction of sp³-hybridized carbons (Fsp3) is 0. The predicted molar refractivity (Wildman–Crippen MR) is 43.4 cm³/mol. The van der Waals surface area contributed by atoms with Gasteiger partial charge >= 0.3 is 5.69 Å². The topological polar surface area (TPSA) is 105 Å². The first-order valence-electron chi connectivity index (χ1n) is 3.39. The van der Waals surface area contributed by atoms with E-state index >= 15 is 0 Å². The maximum absolute atomic E-state index is 10.7. The molecule has 13 heavy (non-hydrogen) atoms. The van der Waals surface area contributed by atoms with Crippen molar-refractivity contribution in [2.24, 2.45) is 0 Å². The number of H-pyrrole nitrogens is 2. The van der Waals surface area contributed by atoms with Crippen molar-refractivity contribution in [3.8, 4) is 0 Å². The van der Waals surface area contributed by atoms with E-state index in [2.05, 4.69) is 15.0 Å². The summed E-state index contributed by atoms with van der Waals surface area (Å²) in [5, 5.41) is 10.7. The Bertz CT molecular complexity index is 526. The Morgan fingerprint density at radius 2 is 2.31 bits per heavy atom. The van der Waals surface area contributed by atoms with Crippen molar-refractivity contribution in [1.82, 2.24) is 15.0 Å². The fourth-order valence-corrected chi connectivity index (χ4v) is 1.07. The normalized spacial score (nSPS) is 10.5. The largest absolute Gasteiger partial charge is 0.346 e. The molecule has 0 aliphatic carbocycles. The number of nitro groups is 1. The van der Waals surface area contributed by atoms with E-state index in [4.69, 9.17) is 0 Å². The molecule has 2 heterocycles. The van der Waals surface area contributed by atoms with E-state index in [1.165, 1.54) is 12.4 Å². The zero-order chi connectivity index (χ0) is 9.42. The first kappa shape index (κ1) is 7.47. The standard InChI is InChI=1S/C6H4N4O3/c11-6-8-1-3-4(10(12)13)2-7-5(3)9-6/h1-2H,(H2,7,8,9,11). The van der Waals surface area contributed by atoms with E-state index in [9.17, 15) is 14.9 Å². The first-order valence-corrected chi connectivity index (χ1v) is 3.39. The highest BCUT2D eigenvalue weighted by Crippen LogP contribution is 2.20. The lowest BCUT2D eigenvalue weighted by Crippen LogP contribution is -2.08. The van der Waals surface area contributed by atoms with Gasteiger partial charge in [-0.25, -0.2) is 9.78 Å². The van der Waals surface area contributed by atoms with Crippen molar-refractivity contribution in [1.29, 1.82) is 0 Å². The summed E-state index contributed by atoms with van der Waals surface area (Å²) in [6.45, 7) is 0. The molecule has 0 aromatic carbocycles. The summed E-state index contributed by atoms with van der Waals surface area (Å²) in [6.07, 6.45) is 2.38. The Hall–Kier alpha value is -2.18. The van der Waals surface area contributed by atoms with E-state index in [-0.39, 0.29) is 5.69 Å². The van der Waals surface area contributed by atoms with Gasteiger partial charge in [-0.1, -0.05) is 0 Å². The Labute approximate surface area is 70.6 Å². The van der Waals surface area contributed by atoms with E-state index in [0.717, 1.165) is 0 Å². The summed E-state index contributed by atoms with van der Waals surface area (Å²) in [7, 11) is 0. The van der Waals surface area contributed by atoms with Gasteiger partial charge in [0.1, 0.15) is 11.0 Å². The minimum absolute atomic E-state index is 0.0984. The summed E-state index contributed by atoms with van der Waals surface area (Å²) >= 11 is 0. The summed E-state index contributed by atoms with van der Waals surface area (Å²) in [5.74, 6) is 0. The maximum Gasteiger partial charge on any atom is 0.346 e. The van der Waals surface area contributed by atoms with Gasteiger partial charge < -0.3 is 4.98 Å². The quantitative estimate of drug-likeness (QED) is 0.481. The molecule has 0 amide bonds. The average molecular weight is 180 g/mol. The third kappa shape index (κ3) is 1.06. The number of nitrogens with zero attached hydrogens (tertiary/aromatic N) is 2. The Balaban J connectivity index is 2.83. The van der Waals surface area contributed by atoms with Crippen LogP contribution in [-0.4, -0.2) is 19.9 Å². The highest BCUT2D eigenvalue weighted by molar-refractivity contribution is 5.84. The molecule has 7 nitrogen and oxygen atoms in total. The maximum atomic E-state index is 10.7. The third-order valence-electron chi connectivity index (χ3n) is 1.64. The number of fused-ring (bicyclic) bond motifs is 1. The summed E-state index contributed by atoms with van der Waals surface area (Å²) in [5.41, 5.74) is -0.324. The molecule has 0 spiro atoms. The molecule has 7 heteroatoms. The lowest BCUT2D eigenvalue weighted by atomic mass is 10.4. The number of hydrogen-bond acceptors (Lipinski definition) is 4. The summed E-state index contributed by atoms with van der Waals surface area (Å²) in [6, 6.07) is 0. The molecular weight excluding hydrogens is 176 g/mol. The second-order valence-electron chi connectivity index (χ2n) is 2.41. The molecule has 0 atom stereocenters. The molecule has 0 bridgehead atoms. The Kier molecular flexibility index (Phi) is 1.38. The van der Waals surface area contributed by atoms with Crippen LogP contribution in [-0.2, 0) is 0 Å². The second-order valence-corrected chi connectivity index (χ2v) is 2.41. The van der Waals surface area contributed by atoms with Crippen LogP contribution in [0, 0.1) is 10.1 Å². The van der Waals surface area contributed by atoms with Crippen LogP contribution in [0.5, 0.6) is 0 Å². The minimum Gasteiger partial charge on any atom is -0.341 e. The molecule has 0 fully saturated rings. The van der Waals surface area contributed by atoms with E-state index in [0.29, 0.717) is 11.0 Å². The van der Waals surface area contributed by atoms with Crippen LogP contribution in [0.3, 0.4) is 0 Å². The third-order valence-corrected chi connectivity index (χ3v) is 1.64. The molecule has 0 aliphatic heterocycles. The van der Waals surface area contributed by atoms with Crippen molar-refractivity contribution in [2.75, 3.05) is 0 Å². The van der Waals surface area contributed by atoms with Gasteiger partial charge in [0, 0.05) is 0 Å². The SMILES string of the molecule is O=c1ncc2c([N+](=O)[O-])c[nH]c2[nH]1.